The van der Waals surface area contributed by atoms with E-state index in [-0.39, 0.29) is 32.2 Å². The Balaban J connectivity index is 1.25. The number of sulfonamides is 1. The Morgan fingerprint density at radius 2 is 1.07 bits per heavy atom. The number of rotatable bonds is 8. The largest absolute Gasteiger partial charge is 0.417 e. The Labute approximate surface area is 248 Å². The number of benzene rings is 5. The van der Waals surface area contributed by atoms with E-state index in [0.717, 1.165) is 22.3 Å². The third-order valence-electron chi connectivity index (χ3n) is 6.69. The zero-order valence-corrected chi connectivity index (χ0v) is 24.0. The number of anilines is 1. The summed E-state index contributed by atoms with van der Waals surface area (Å²) in [6, 6.07) is 37.0. The maximum Gasteiger partial charge on any atom is 0.360 e. The first-order valence-electron chi connectivity index (χ1n) is 13.0. The van der Waals surface area contributed by atoms with Gasteiger partial charge in [-0.15, -0.1) is 0 Å². The van der Waals surface area contributed by atoms with Crippen molar-refractivity contribution in [2.24, 2.45) is 0 Å². The van der Waals surface area contributed by atoms with Crippen LogP contribution in [0.3, 0.4) is 0 Å². The highest BCUT2D eigenvalue weighted by Crippen LogP contribution is 2.30. The molecule has 0 atom stereocenters. The van der Waals surface area contributed by atoms with Crippen molar-refractivity contribution in [1.82, 2.24) is 0 Å². The van der Waals surface area contributed by atoms with E-state index in [1.165, 1.54) is 42.5 Å². The molecule has 0 aliphatic rings. The lowest BCUT2D eigenvalue weighted by Gasteiger charge is -2.11. The van der Waals surface area contributed by atoms with Crippen LogP contribution in [0.1, 0.15) is 0 Å². The van der Waals surface area contributed by atoms with Crippen molar-refractivity contribution in [3.63, 3.8) is 0 Å². The Kier molecular flexibility index (Phi) is 7.31. The van der Waals surface area contributed by atoms with Crippen molar-refractivity contribution < 1.29 is 25.4 Å². The molecule has 0 amide bonds. The lowest BCUT2D eigenvalue weighted by molar-refractivity contribution is 0.475. The number of fused-ring (bicyclic) bond motifs is 1. The minimum absolute atomic E-state index is 0.0480. The van der Waals surface area contributed by atoms with Crippen LogP contribution < -0.4 is 14.5 Å². The van der Waals surface area contributed by atoms with Crippen molar-refractivity contribution in [3.8, 4) is 28.0 Å². The average Bonchev–Trinajstić information content (AvgIpc) is 3.02. The number of nitrogens with one attached hydrogen (secondary N) is 1. The monoisotopic (exact) mass is 609 g/mol. The summed E-state index contributed by atoms with van der Waals surface area (Å²) in [6.45, 7) is 0. The van der Waals surface area contributed by atoms with E-state index in [1.54, 1.807) is 30.3 Å². The van der Waals surface area contributed by atoms with Crippen LogP contribution in [0.4, 0.5) is 5.69 Å². The molecule has 0 spiro atoms. The van der Waals surface area contributed by atoms with E-state index >= 15 is 0 Å². The summed E-state index contributed by atoms with van der Waals surface area (Å²) in [4.78, 5) is 12.7. The molecule has 0 aliphatic heterocycles. The second-order valence-electron chi connectivity index (χ2n) is 9.55. The maximum absolute atomic E-state index is 13.1. The third kappa shape index (κ3) is 5.92. The number of para-hydroxylation sites is 1. The van der Waals surface area contributed by atoms with Crippen LogP contribution in [0.15, 0.2) is 152 Å². The summed E-state index contributed by atoms with van der Waals surface area (Å²) in [5, 5.41) is 0.254. The topological polar surface area (TPSA) is 120 Å². The SMILES string of the molecule is O=c1oc2c(OS(=O)(=O)c3ccc(-c4ccccc4)cc3)cccc2cc1NS(=O)(=O)c1ccc(-c2ccccc2)cc1. The summed E-state index contributed by atoms with van der Waals surface area (Å²) < 4.78 is 65.3. The minimum atomic E-state index is -4.29. The summed E-state index contributed by atoms with van der Waals surface area (Å²) in [6.07, 6.45) is 0. The fourth-order valence-corrected chi connectivity index (χ4v) is 6.50. The Hall–Kier alpha value is -5.19. The minimum Gasteiger partial charge on any atom is -0.417 e. The van der Waals surface area contributed by atoms with Crippen molar-refractivity contribution in [3.05, 3.63) is 144 Å². The quantitative estimate of drug-likeness (QED) is 0.151. The van der Waals surface area contributed by atoms with Crippen LogP contribution >= 0.6 is 0 Å². The Morgan fingerprint density at radius 3 is 1.63 bits per heavy atom. The fourth-order valence-electron chi connectivity index (χ4n) is 4.53. The van der Waals surface area contributed by atoms with Crippen molar-refractivity contribution >= 4 is 36.8 Å². The second-order valence-corrected chi connectivity index (χ2v) is 12.8. The predicted octanol–water partition coefficient (Wildman–Crippen LogP) is 6.70. The molecule has 6 aromatic rings. The summed E-state index contributed by atoms with van der Waals surface area (Å²) in [5.74, 6) is -0.215. The standard InChI is InChI=1S/C33H23NO7S2/c35-33-30(34-42(36,37)28-18-14-25(15-19-28)23-8-3-1-4-9-23)22-27-12-7-13-31(32(27)40-33)41-43(38,39)29-20-16-26(17-21-29)24-10-5-2-6-11-24/h1-22,34H. The Morgan fingerprint density at radius 1 is 0.558 bits per heavy atom. The van der Waals surface area contributed by atoms with Gasteiger partial charge in [0.05, 0.1) is 4.90 Å². The van der Waals surface area contributed by atoms with E-state index in [0.29, 0.717) is 0 Å². The highest BCUT2D eigenvalue weighted by atomic mass is 32.2. The molecule has 6 rings (SSSR count). The van der Waals surface area contributed by atoms with Gasteiger partial charge in [0, 0.05) is 5.39 Å². The maximum atomic E-state index is 13.1. The van der Waals surface area contributed by atoms with Crippen LogP contribution in [0.25, 0.3) is 33.2 Å². The van der Waals surface area contributed by atoms with Gasteiger partial charge in [-0.2, -0.15) is 8.42 Å². The van der Waals surface area contributed by atoms with Crippen molar-refractivity contribution in [1.29, 1.82) is 0 Å². The van der Waals surface area contributed by atoms with Crippen LogP contribution in [0, 0.1) is 0 Å². The molecule has 43 heavy (non-hydrogen) atoms. The lowest BCUT2D eigenvalue weighted by atomic mass is 10.1. The first kappa shape index (κ1) is 28.0. The third-order valence-corrected chi connectivity index (χ3v) is 9.32. The molecule has 1 heterocycles. The lowest BCUT2D eigenvalue weighted by Crippen LogP contribution is -2.18. The highest BCUT2D eigenvalue weighted by Gasteiger charge is 2.22. The van der Waals surface area contributed by atoms with Gasteiger partial charge in [-0.3, -0.25) is 4.72 Å². The second kappa shape index (κ2) is 11.2. The van der Waals surface area contributed by atoms with Gasteiger partial charge in [-0.25, -0.2) is 13.2 Å². The zero-order chi connectivity index (χ0) is 30.0. The van der Waals surface area contributed by atoms with Gasteiger partial charge in [0.25, 0.3) is 10.0 Å². The van der Waals surface area contributed by atoms with Gasteiger partial charge < -0.3 is 8.60 Å². The van der Waals surface area contributed by atoms with Crippen molar-refractivity contribution in [2.45, 2.75) is 9.79 Å². The number of hydrogen-bond acceptors (Lipinski definition) is 7. The molecule has 0 saturated carbocycles. The van der Waals surface area contributed by atoms with Gasteiger partial charge in [0.15, 0.2) is 11.3 Å². The van der Waals surface area contributed by atoms with Crippen LogP contribution in [0.2, 0.25) is 0 Å². The van der Waals surface area contributed by atoms with E-state index < -0.39 is 25.8 Å². The van der Waals surface area contributed by atoms with Gasteiger partial charge in [0.1, 0.15) is 10.6 Å². The molecule has 8 nitrogen and oxygen atoms in total. The Bertz CT molecular complexity index is 2200. The average molecular weight is 610 g/mol. The normalized spacial score (nSPS) is 11.7. The van der Waals surface area contributed by atoms with Crippen LogP contribution in [0.5, 0.6) is 5.75 Å². The molecule has 0 radical (unpaired) electrons. The summed E-state index contributed by atoms with van der Waals surface area (Å²) >= 11 is 0. The molecule has 0 saturated heterocycles. The summed E-state index contributed by atoms with van der Waals surface area (Å²) in [7, 11) is -8.43. The van der Waals surface area contributed by atoms with E-state index in [1.807, 2.05) is 60.7 Å². The number of hydrogen-bond donors (Lipinski definition) is 1. The molecule has 10 heteroatoms. The van der Waals surface area contributed by atoms with Crippen LogP contribution in [-0.2, 0) is 20.1 Å². The van der Waals surface area contributed by atoms with Gasteiger partial charge in [0.2, 0.25) is 0 Å². The van der Waals surface area contributed by atoms with E-state index in [2.05, 4.69) is 4.72 Å². The highest BCUT2D eigenvalue weighted by molar-refractivity contribution is 7.92. The molecule has 1 aromatic heterocycles. The first-order chi connectivity index (χ1) is 20.7. The van der Waals surface area contributed by atoms with E-state index in [9.17, 15) is 21.6 Å². The molecule has 0 fully saturated rings. The van der Waals surface area contributed by atoms with Gasteiger partial charge >= 0.3 is 15.7 Å². The molecular formula is C33H23NO7S2. The van der Waals surface area contributed by atoms with E-state index in [4.69, 9.17) is 8.60 Å². The molecule has 0 aliphatic carbocycles. The molecular weight excluding hydrogens is 586 g/mol. The molecule has 0 bridgehead atoms. The predicted molar refractivity (Wildman–Crippen MR) is 165 cm³/mol. The van der Waals surface area contributed by atoms with Gasteiger partial charge in [-0.05, 0) is 58.7 Å². The molecule has 1 N–H and O–H groups in total. The van der Waals surface area contributed by atoms with Crippen molar-refractivity contribution in [2.75, 3.05) is 4.72 Å². The van der Waals surface area contributed by atoms with Gasteiger partial charge in [-0.1, -0.05) is 97.1 Å². The first-order valence-corrected chi connectivity index (χ1v) is 15.9. The molecule has 5 aromatic carbocycles. The van der Waals surface area contributed by atoms with Crippen LogP contribution in [-0.4, -0.2) is 16.8 Å². The molecule has 214 valence electrons. The smallest absolute Gasteiger partial charge is 0.360 e. The fraction of sp³-hybridized carbons (Fsp3) is 0. The zero-order valence-electron chi connectivity index (χ0n) is 22.4. The summed E-state index contributed by atoms with van der Waals surface area (Å²) in [5.41, 5.74) is 2.02. The molecule has 0 unspecified atom stereocenters.